The van der Waals surface area contributed by atoms with Crippen LogP contribution in [-0.2, 0) is 9.59 Å². The van der Waals surface area contributed by atoms with E-state index in [2.05, 4.69) is 53.7 Å². The summed E-state index contributed by atoms with van der Waals surface area (Å²) in [4.78, 5) is 31.3. The van der Waals surface area contributed by atoms with Gasteiger partial charge in [-0.3, -0.25) is 9.59 Å². The van der Waals surface area contributed by atoms with Gasteiger partial charge in [0.05, 0.1) is 0 Å². The van der Waals surface area contributed by atoms with Crippen molar-refractivity contribution < 1.29 is 9.59 Å². The quantitative estimate of drug-likeness (QED) is 0.527. The fourth-order valence-corrected chi connectivity index (χ4v) is 4.32. The van der Waals surface area contributed by atoms with Gasteiger partial charge in [-0.25, -0.2) is 4.98 Å². The molecule has 0 bridgehead atoms. The molecule has 1 aliphatic heterocycles. The molecule has 0 radical (unpaired) electrons. The lowest BCUT2D eigenvalue weighted by Crippen LogP contribution is -2.35. The van der Waals surface area contributed by atoms with Crippen LogP contribution in [0.15, 0.2) is 72.9 Å². The van der Waals surface area contributed by atoms with Crippen molar-refractivity contribution in [3.63, 3.8) is 0 Å². The predicted octanol–water partition coefficient (Wildman–Crippen LogP) is 4.41. The Kier molecular flexibility index (Phi) is 7.38. The molecule has 34 heavy (non-hydrogen) atoms. The molecular weight excluding hydrogens is 424 g/mol. The van der Waals surface area contributed by atoms with Gasteiger partial charge in [0.25, 0.3) is 0 Å². The Morgan fingerprint density at radius 2 is 1.79 bits per heavy atom. The fraction of sp³-hybridized carbons (Fsp3) is 0.321. The van der Waals surface area contributed by atoms with Crippen molar-refractivity contribution in [3.8, 4) is 0 Å². The number of carbonyl (C=O) groups is 2. The number of likely N-dealkylation sites (tertiary alicyclic amines) is 1. The van der Waals surface area contributed by atoms with E-state index < -0.39 is 6.04 Å². The van der Waals surface area contributed by atoms with Gasteiger partial charge in [0.2, 0.25) is 11.8 Å². The molecule has 3 aromatic rings. The summed E-state index contributed by atoms with van der Waals surface area (Å²) in [5.74, 6) is 0.902. The number of aromatic nitrogens is 1. The average Bonchev–Trinajstić information content (AvgIpc) is 3.18. The van der Waals surface area contributed by atoms with Gasteiger partial charge in [0.15, 0.2) is 0 Å². The summed E-state index contributed by atoms with van der Waals surface area (Å²) in [5.41, 5.74) is 4.38. The monoisotopic (exact) mass is 456 g/mol. The molecule has 0 saturated carbocycles. The normalized spacial score (nSPS) is 17.4. The van der Waals surface area contributed by atoms with Crippen LogP contribution in [0.1, 0.15) is 53.5 Å². The molecule has 6 heteroatoms. The predicted molar refractivity (Wildman–Crippen MR) is 135 cm³/mol. The maximum absolute atomic E-state index is 13.3. The second-order valence-corrected chi connectivity index (χ2v) is 9.21. The number of amides is 2. The zero-order chi connectivity index (χ0) is 24.1. The van der Waals surface area contributed by atoms with Gasteiger partial charge >= 0.3 is 0 Å². The van der Waals surface area contributed by atoms with E-state index in [0.717, 1.165) is 11.1 Å². The van der Waals surface area contributed by atoms with Gasteiger partial charge in [0, 0.05) is 38.7 Å². The molecule has 1 unspecified atom stereocenters. The summed E-state index contributed by atoms with van der Waals surface area (Å²) in [6, 6.07) is 21.5. The average molecular weight is 457 g/mol. The zero-order valence-corrected chi connectivity index (χ0v) is 20.0. The molecule has 0 spiro atoms. The van der Waals surface area contributed by atoms with Crippen LogP contribution >= 0.6 is 0 Å². The van der Waals surface area contributed by atoms with E-state index in [1.54, 1.807) is 11.1 Å². The van der Waals surface area contributed by atoms with E-state index >= 15 is 0 Å². The van der Waals surface area contributed by atoms with E-state index in [1.807, 2.05) is 49.5 Å². The van der Waals surface area contributed by atoms with Gasteiger partial charge in [-0.15, -0.1) is 0 Å². The van der Waals surface area contributed by atoms with E-state index in [9.17, 15) is 9.59 Å². The third kappa shape index (κ3) is 5.69. The molecule has 1 fully saturated rings. The molecule has 2 amide bonds. The van der Waals surface area contributed by atoms with Gasteiger partial charge in [-0.1, -0.05) is 73.2 Å². The van der Waals surface area contributed by atoms with Crippen LogP contribution in [0, 0.1) is 6.92 Å². The van der Waals surface area contributed by atoms with Crippen LogP contribution in [0.5, 0.6) is 0 Å². The number of nitrogens with zero attached hydrogens (tertiary/aromatic N) is 2. The SMILES string of the molecule is Cc1ccc([C@H](C)CN[C@@H](C(=O)Nc2ccc(C3CC(=O)N(C)C3)cn2)c2ccccc2)cc1. The summed E-state index contributed by atoms with van der Waals surface area (Å²) in [6.45, 7) is 5.59. The first-order chi connectivity index (χ1) is 16.4. The first-order valence-electron chi connectivity index (χ1n) is 11.8. The maximum atomic E-state index is 13.3. The number of benzene rings is 2. The third-order valence-electron chi connectivity index (χ3n) is 6.52. The van der Waals surface area contributed by atoms with E-state index in [0.29, 0.717) is 25.3 Å². The van der Waals surface area contributed by atoms with Crippen molar-refractivity contribution in [1.82, 2.24) is 15.2 Å². The Morgan fingerprint density at radius 3 is 2.41 bits per heavy atom. The van der Waals surface area contributed by atoms with Gasteiger partial charge in [-0.05, 0) is 35.6 Å². The highest BCUT2D eigenvalue weighted by atomic mass is 16.2. The van der Waals surface area contributed by atoms with E-state index in [4.69, 9.17) is 0 Å². The number of rotatable bonds is 8. The number of anilines is 1. The molecule has 1 aliphatic rings. The summed E-state index contributed by atoms with van der Waals surface area (Å²) in [5, 5.41) is 6.41. The first-order valence-corrected chi connectivity index (χ1v) is 11.8. The van der Waals surface area contributed by atoms with Crippen molar-refractivity contribution in [2.45, 2.75) is 38.1 Å². The summed E-state index contributed by atoms with van der Waals surface area (Å²) in [6.07, 6.45) is 2.26. The Bertz CT molecular complexity index is 1110. The van der Waals surface area contributed by atoms with Crippen molar-refractivity contribution in [2.75, 3.05) is 25.5 Å². The third-order valence-corrected chi connectivity index (χ3v) is 6.52. The zero-order valence-electron chi connectivity index (χ0n) is 20.0. The summed E-state index contributed by atoms with van der Waals surface area (Å²) < 4.78 is 0. The lowest BCUT2D eigenvalue weighted by atomic mass is 9.98. The highest BCUT2D eigenvalue weighted by Crippen LogP contribution is 2.27. The molecule has 3 atom stereocenters. The molecule has 1 aromatic heterocycles. The number of aryl methyl sites for hydroxylation is 1. The van der Waals surface area contributed by atoms with Crippen LogP contribution in [0.2, 0.25) is 0 Å². The second kappa shape index (κ2) is 10.6. The smallest absolute Gasteiger partial charge is 0.247 e. The summed E-state index contributed by atoms with van der Waals surface area (Å²) in [7, 11) is 1.82. The van der Waals surface area contributed by atoms with Crippen LogP contribution in [0.25, 0.3) is 0 Å². The number of carbonyl (C=O) groups excluding carboxylic acids is 2. The minimum Gasteiger partial charge on any atom is -0.345 e. The standard InChI is InChI=1S/C28H32N4O2/c1-19-9-11-21(12-10-19)20(2)16-30-27(22-7-5-4-6-8-22)28(34)31-25-14-13-23(17-29-25)24-15-26(33)32(3)18-24/h4-14,17,20,24,27,30H,15-16,18H2,1-3H3,(H,29,31,34)/t20-,24?,27-/m1/s1. The van der Waals surface area contributed by atoms with E-state index in [-0.39, 0.29) is 23.7 Å². The second-order valence-electron chi connectivity index (χ2n) is 9.21. The van der Waals surface area contributed by atoms with Gasteiger partial charge in [0.1, 0.15) is 11.9 Å². The Hall–Kier alpha value is -3.51. The van der Waals surface area contributed by atoms with Crippen molar-refractivity contribution in [3.05, 3.63) is 95.2 Å². The molecule has 1 saturated heterocycles. The van der Waals surface area contributed by atoms with Crippen LogP contribution in [0.4, 0.5) is 5.82 Å². The Balaban J connectivity index is 1.43. The Morgan fingerprint density at radius 1 is 1.06 bits per heavy atom. The van der Waals surface area contributed by atoms with Crippen LogP contribution < -0.4 is 10.6 Å². The molecule has 176 valence electrons. The number of likely N-dealkylation sites (N-methyl/N-ethyl adjacent to an activating group) is 1. The number of pyridine rings is 1. The van der Waals surface area contributed by atoms with Crippen molar-refractivity contribution >= 4 is 17.6 Å². The minimum absolute atomic E-state index is 0.150. The van der Waals surface area contributed by atoms with Gasteiger partial charge in [-0.2, -0.15) is 0 Å². The molecule has 0 aliphatic carbocycles. The lowest BCUT2D eigenvalue weighted by molar-refractivity contribution is -0.126. The molecule has 2 N–H and O–H groups in total. The maximum Gasteiger partial charge on any atom is 0.247 e. The van der Waals surface area contributed by atoms with Crippen molar-refractivity contribution in [2.24, 2.45) is 0 Å². The van der Waals surface area contributed by atoms with Crippen molar-refractivity contribution in [1.29, 1.82) is 0 Å². The highest BCUT2D eigenvalue weighted by molar-refractivity contribution is 5.94. The molecule has 4 rings (SSSR count). The number of hydrogen-bond donors (Lipinski definition) is 2. The Labute approximate surface area is 201 Å². The number of hydrogen-bond acceptors (Lipinski definition) is 4. The minimum atomic E-state index is -0.503. The molecular formula is C28H32N4O2. The van der Waals surface area contributed by atoms with Crippen LogP contribution in [-0.4, -0.2) is 41.8 Å². The first kappa shape index (κ1) is 23.6. The number of nitrogens with one attached hydrogen (secondary N) is 2. The van der Waals surface area contributed by atoms with Gasteiger partial charge < -0.3 is 15.5 Å². The highest BCUT2D eigenvalue weighted by Gasteiger charge is 2.28. The molecule has 2 aromatic carbocycles. The topological polar surface area (TPSA) is 74.3 Å². The summed E-state index contributed by atoms with van der Waals surface area (Å²) >= 11 is 0. The van der Waals surface area contributed by atoms with Crippen LogP contribution in [0.3, 0.4) is 0 Å². The molecule has 2 heterocycles. The molecule has 6 nitrogen and oxygen atoms in total. The fourth-order valence-electron chi connectivity index (χ4n) is 4.32. The lowest BCUT2D eigenvalue weighted by Gasteiger charge is -2.21. The van der Waals surface area contributed by atoms with E-state index in [1.165, 1.54) is 11.1 Å². The largest absolute Gasteiger partial charge is 0.345 e.